The average Bonchev–Trinajstić information content (AvgIpc) is 2.63. The van der Waals surface area contributed by atoms with Crippen molar-refractivity contribution in [3.05, 3.63) is 17.8 Å². The molecule has 0 bridgehead atoms. The molecule has 0 atom stereocenters. The minimum absolute atomic E-state index is 0.138. The second kappa shape index (κ2) is 5.02. The molecule has 1 amide bonds. The van der Waals surface area contributed by atoms with Gasteiger partial charge in [-0.15, -0.1) is 0 Å². The molecule has 0 aliphatic heterocycles. The first-order valence-electron chi connectivity index (χ1n) is 4.33. The van der Waals surface area contributed by atoms with Gasteiger partial charge >= 0.3 is 0 Å². The van der Waals surface area contributed by atoms with Crippen molar-refractivity contribution in [3.63, 3.8) is 0 Å². The Bertz CT molecular complexity index is 351. The van der Waals surface area contributed by atoms with E-state index in [1.54, 1.807) is 12.3 Å². The van der Waals surface area contributed by atoms with Crippen LogP contribution in [0.4, 0.5) is 0 Å². The Morgan fingerprint density at radius 2 is 2.57 bits per heavy atom. The molecule has 1 N–H and O–H groups in total. The van der Waals surface area contributed by atoms with Crippen LogP contribution in [0.3, 0.4) is 0 Å². The summed E-state index contributed by atoms with van der Waals surface area (Å²) < 4.78 is 5.25. The molecule has 1 rings (SSSR count). The number of carbonyl (C=O) groups is 1. The summed E-state index contributed by atoms with van der Waals surface area (Å²) in [7, 11) is 0. The Morgan fingerprint density at radius 3 is 3.14 bits per heavy atom. The van der Waals surface area contributed by atoms with Gasteiger partial charge in [-0.3, -0.25) is 4.79 Å². The number of amides is 1. The van der Waals surface area contributed by atoms with Crippen LogP contribution in [0.1, 0.15) is 25.0 Å². The third-order valence-corrected chi connectivity index (χ3v) is 1.63. The first-order valence-corrected chi connectivity index (χ1v) is 4.33. The summed E-state index contributed by atoms with van der Waals surface area (Å²) in [4.78, 5) is 14.8. The third kappa shape index (κ3) is 2.90. The Kier molecular flexibility index (Phi) is 3.68. The number of aromatic nitrogens is 1. The van der Waals surface area contributed by atoms with Crippen LogP contribution < -0.4 is 5.32 Å². The van der Waals surface area contributed by atoms with Crippen LogP contribution in [0.5, 0.6) is 0 Å². The van der Waals surface area contributed by atoms with Crippen LogP contribution in [0.15, 0.2) is 10.6 Å². The molecule has 74 valence electrons. The molecule has 1 aromatic heterocycles. The van der Waals surface area contributed by atoms with E-state index in [4.69, 9.17) is 9.68 Å². The molecule has 0 saturated carbocycles. The first-order chi connectivity index (χ1) is 6.76. The number of rotatable bonds is 4. The zero-order chi connectivity index (χ0) is 10.4. The smallest absolute Gasteiger partial charge is 0.234 e. The third-order valence-electron chi connectivity index (χ3n) is 1.63. The lowest BCUT2D eigenvalue weighted by Crippen LogP contribution is -2.21. The molecule has 0 spiro atoms. The standard InChI is InChI=1S/C9H11N3O2/c1-2-7-5-12-9(14-7)6-11-8(13)3-4-10/h5H,2-3,6H2,1H3,(H,11,13). The van der Waals surface area contributed by atoms with Crippen LogP contribution in [0.25, 0.3) is 0 Å². The Hall–Kier alpha value is -1.83. The van der Waals surface area contributed by atoms with E-state index in [2.05, 4.69) is 10.3 Å². The number of nitriles is 1. The predicted octanol–water partition coefficient (Wildman–Crippen LogP) is 0.767. The van der Waals surface area contributed by atoms with Gasteiger partial charge in [0.2, 0.25) is 11.8 Å². The van der Waals surface area contributed by atoms with E-state index in [0.29, 0.717) is 5.89 Å². The van der Waals surface area contributed by atoms with E-state index in [1.807, 2.05) is 6.92 Å². The van der Waals surface area contributed by atoms with Gasteiger partial charge in [-0.05, 0) is 0 Å². The molecule has 0 aliphatic carbocycles. The number of hydrogen-bond donors (Lipinski definition) is 1. The fourth-order valence-electron chi connectivity index (χ4n) is 0.902. The molecule has 0 aliphatic rings. The van der Waals surface area contributed by atoms with E-state index in [9.17, 15) is 4.79 Å². The van der Waals surface area contributed by atoms with Gasteiger partial charge in [-0.2, -0.15) is 5.26 Å². The molecule has 0 aromatic carbocycles. The van der Waals surface area contributed by atoms with Gasteiger partial charge in [0.1, 0.15) is 12.2 Å². The van der Waals surface area contributed by atoms with Gasteiger partial charge < -0.3 is 9.73 Å². The Labute approximate surface area is 81.7 Å². The van der Waals surface area contributed by atoms with Crippen molar-refractivity contribution in [3.8, 4) is 6.07 Å². The van der Waals surface area contributed by atoms with Crippen molar-refractivity contribution in [2.75, 3.05) is 0 Å². The van der Waals surface area contributed by atoms with Crippen LogP contribution in [-0.4, -0.2) is 10.9 Å². The summed E-state index contributed by atoms with van der Waals surface area (Å²) >= 11 is 0. The summed E-state index contributed by atoms with van der Waals surface area (Å²) in [5.41, 5.74) is 0. The lowest BCUT2D eigenvalue weighted by Gasteiger charge is -1.97. The molecule has 1 aromatic rings. The van der Waals surface area contributed by atoms with Crippen molar-refractivity contribution >= 4 is 5.91 Å². The lowest BCUT2D eigenvalue weighted by molar-refractivity contribution is -0.120. The Morgan fingerprint density at radius 1 is 1.79 bits per heavy atom. The van der Waals surface area contributed by atoms with Crippen molar-refractivity contribution < 1.29 is 9.21 Å². The monoisotopic (exact) mass is 193 g/mol. The predicted molar refractivity (Wildman–Crippen MR) is 48.0 cm³/mol. The maximum atomic E-state index is 10.9. The van der Waals surface area contributed by atoms with Gasteiger partial charge in [0.05, 0.1) is 18.8 Å². The van der Waals surface area contributed by atoms with Crippen molar-refractivity contribution in [1.82, 2.24) is 10.3 Å². The zero-order valence-corrected chi connectivity index (χ0v) is 7.91. The summed E-state index contributed by atoms with van der Waals surface area (Å²) in [6.07, 6.45) is 2.27. The van der Waals surface area contributed by atoms with Crippen molar-refractivity contribution in [1.29, 1.82) is 5.26 Å². The van der Waals surface area contributed by atoms with Crippen LogP contribution in [0, 0.1) is 11.3 Å². The number of oxazole rings is 1. The van der Waals surface area contributed by atoms with E-state index >= 15 is 0 Å². The van der Waals surface area contributed by atoms with Gasteiger partial charge in [-0.25, -0.2) is 4.98 Å². The number of carbonyl (C=O) groups excluding carboxylic acids is 1. The van der Waals surface area contributed by atoms with Crippen LogP contribution >= 0.6 is 0 Å². The largest absolute Gasteiger partial charge is 0.444 e. The van der Waals surface area contributed by atoms with E-state index in [-0.39, 0.29) is 18.9 Å². The normalized spacial score (nSPS) is 9.43. The van der Waals surface area contributed by atoms with Crippen molar-refractivity contribution in [2.45, 2.75) is 26.3 Å². The first kappa shape index (κ1) is 10.3. The SMILES string of the molecule is CCc1cnc(CNC(=O)CC#N)o1. The highest BCUT2D eigenvalue weighted by Gasteiger charge is 2.04. The maximum absolute atomic E-state index is 10.9. The molecular weight excluding hydrogens is 182 g/mol. The minimum atomic E-state index is -0.316. The number of aryl methyl sites for hydroxylation is 1. The molecule has 5 nitrogen and oxygen atoms in total. The van der Waals surface area contributed by atoms with Gasteiger partial charge in [0, 0.05) is 6.42 Å². The average molecular weight is 193 g/mol. The molecule has 0 fully saturated rings. The highest BCUT2D eigenvalue weighted by molar-refractivity contribution is 5.77. The number of nitrogens with one attached hydrogen (secondary N) is 1. The minimum Gasteiger partial charge on any atom is -0.444 e. The maximum Gasteiger partial charge on any atom is 0.234 e. The molecule has 5 heteroatoms. The van der Waals surface area contributed by atoms with Crippen LogP contribution in [-0.2, 0) is 17.8 Å². The summed E-state index contributed by atoms with van der Waals surface area (Å²) in [5.74, 6) is 0.937. The molecule has 14 heavy (non-hydrogen) atoms. The number of hydrogen-bond acceptors (Lipinski definition) is 4. The van der Waals surface area contributed by atoms with Gasteiger partial charge in [0.25, 0.3) is 0 Å². The van der Waals surface area contributed by atoms with Gasteiger partial charge in [0.15, 0.2) is 0 Å². The molecule has 0 radical (unpaired) electrons. The summed E-state index contributed by atoms with van der Waals surface area (Å²) in [6, 6.07) is 1.76. The fraction of sp³-hybridized carbons (Fsp3) is 0.444. The van der Waals surface area contributed by atoms with E-state index < -0.39 is 0 Å². The lowest BCUT2D eigenvalue weighted by atomic mass is 10.4. The molecule has 0 unspecified atom stereocenters. The topological polar surface area (TPSA) is 78.9 Å². The highest BCUT2D eigenvalue weighted by atomic mass is 16.4. The zero-order valence-electron chi connectivity index (χ0n) is 7.91. The fourth-order valence-corrected chi connectivity index (χ4v) is 0.902. The second-order valence-electron chi connectivity index (χ2n) is 2.69. The van der Waals surface area contributed by atoms with Crippen LogP contribution in [0.2, 0.25) is 0 Å². The van der Waals surface area contributed by atoms with Gasteiger partial charge in [-0.1, -0.05) is 6.92 Å². The van der Waals surface area contributed by atoms with E-state index in [0.717, 1.165) is 12.2 Å². The molecule has 1 heterocycles. The van der Waals surface area contributed by atoms with E-state index in [1.165, 1.54) is 0 Å². The quantitative estimate of drug-likeness (QED) is 0.765. The Balaban J connectivity index is 2.38. The molecular formula is C9H11N3O2. The van der Waals surface area contributed by atoms with Crippen molar-refractivity contribution in [2.24, 2.45) is 0 Å². The highest BCUT2D eigenvalue weighted by Crippen LogP contribution is 2.03. The molecule has 0 saturated heterocycles. The number of nitrogens with zero attached hydrogens (tertiary/aromatic N) is 2. The summed E-state index contributed by atoms with van der Waals surface area (Å²) in [6.45, 7) is 2.19. The second-order valence-corrected chi connectivity index (χ2v) is 2.69. The summed E-state index contributed by atoms with van der Waals surface area (Å²) in [5, 5.41) is 10.7.